The Kier molecular flexibility index (Phi) is 4.50. The monoisotopic (exact) mass is 269 g/mol. The van der Waals surface area contributed by atoms with Crippen LogP contribution < -0.4 is 4.74 Å². The van der Waals surface area contributed by atoms with Gasteiger partial charge >= 0.3 is 5.97 Å². The predicted molar refractivity (Wildman–Crippen MR) is 77.6 cm³/mol. The lowest BCUT2D eigenvalue weighted by Gasteiger charge is -2.05. The van der Waals surface area contributed by atoms with E-state index < -0.39 is 5.97 Å². The highest BCUT2D eigenvalue weighted by Gasteiger charge is 2.14. The van der Waals surface area contributed by atoms with Crippen molar-refractivity contribution in [1.29, 1.82) is 0 Å². The molecule has 4 heteroatoms. The maximum Gasteiger partial charge on any atom is 0.357 e. The van der Waals surface area contributed by atoms with Crippen LogP contribution in [0.25, 0.3) is 0 Å². The van der Waals surface area contributed by atoms with E-state index in [9.17, 15) is 4.79 Å². The van der Waals surface area contributed by atoms with E-state index in [1.807, 2.05) is 30.3 Å². The number of methoxy groups -OCH3 is 2. The van der Waals surface area contributed by atoms with Crippen LogP contribution in [0.2, 0.25) is 0 Å². The second-order valence-electron chi connectivity index (χ2n) is 4.02. The fourth-order valence-corrected chi connectivity index (χ4v) is 1.71. The number of hydrogen-bond acceptors (Lipinski definition) is 4. The van der Waals surface area contributed by atoms with E-state index in [4.69, 9.17) is 9.47 Å². The number of aliphatic imine (C=N–C) groups is 1. The molecule has 0 aliphatic rings. The lowest BCUT2D eigenvalue weighted by molar-refractivity contribution is -0.132. The Hall–Kier alpha value is -2.62. The molecule has 0 fully saturated rings. The van der Waals surface area contributed by atoms with Crippen molar-refractivity contribution in [2.75, 3.05) is 14.2 Å². The molecular formula is C16H15NO3. The molecule has 0 aliphatic carbocycles. The number of hydrogen-bond donors (Lipinski definition) is 0. The molecule has 0 saturated heterocycles. The van der Waals surface area contributed by atoms with Crippen LogP contribution >= 0.6 is 0 Å². The van der Waals surface area contributed by atoms with Crippen LogP contribution in [0.15, 0.2) is 59.6 Å². The zero-order chi connectivity index (χ0) is 14.4. The van der Waals surface area contributed by atoms with Crippen LogP contribution in [0.4, 0.5) is 5.69 Å². The topological polar surface area (TPSA) is 47.9 Å². The predicted octanol–water partition coefficient (Wildman–Crippen LogP) is 2.99. The van der Waals surface area contributed by atoms with E-state index in [2.05, 4.69) is 4.99 Å². The van der Waals surface area contributed by atoms with Gasteiger partial charge in [-0.05, 0) is 24.3 Å². The molecule has 0 saturated carbocycles. The molecule has 0 bridgehead atoms. The van der Waals surface area contributed by atoms with Gasteiger partial charge in [-0.2, -0.15) is 0 Å². The number of esters is 1. The second kappa shape index (κ2) is 6.52. The molecule has 2 aromatic carbocycles. The molecule has 0 radical (unpaired) electrons. The zero-order valence-corrected chi connectivity index (χ0v) is 11.4. The molecule has 0 aliphatic heterocycles. The minimum atomic E-state index is -0.466. The average Bonchev–Trinajstić information content (AvgIpc) is 2.53. The quantitative estimate of drug-likeness (QED) is 0.633. The summed E-state index contributed by atoms with van der Waals surface area (Å²) >= 11 is 0. The second-order valence-corrected chi connectivity index (χ2v) is 4.02. The lowest BCUT2D eigenvalue weighted by atomic mass is 10.1. The van der Waals surface area contributed by atoms with Crippen molar-refractivity contribution < 1.29 is 14.3 Å². The largest absolute Gasteiger partial charge is 0.497 e. The number of carbonyl (C=O) groups excluding carboxylic acids is 1. The van der Waals surface area contributed by atoms with Crippen molar-refractivity contribution in [2.24, 2.45) is 4.99 Å². The molecule has 4 nitrogen and oxygen atoms in total. The minimum Gasteiger partial charge on any atom is -0.497 e. The maximum absolute atomic E-state index is 11.9. The van der Waals surface area contributed by atoms with Gasteiger partial charge in [0.1, 0.15) is 5.75 Å². The smallest absolute Gasteiger partial charge is 0.357 e. The van der Waals surface area contributed by atoms with Gasteiger partial charge in [0.15, 0.2) is 5.71 Å². The summed E-state index contributed by atoms with van der Waals surface area (Å²) in [7, 11) is 2.94. The maximum atomic E-state index is 11.9. The molecule has 2 rings (SSSR count). The standard InChI is InChI=1S/C16H15NO3/c1-19-14-10-8-13(9-11-14)17-15(16(18)20-2)12-6-4-3-5-7-12/h3-11H,1-2H3/b17-15+. The van der Waals surface area contributed by atoms with E-state index in [0.717, 1.165) is 11.3 Å². The van der Waals surface area contributed by atoms with Gasteiger partial charge in [-0.1, -0.05) is 30.3 Å². The fraction of sp³-hybridized carbons (Fsp3) is 0.125. The zero-order valence-electron chi connectivity index (χ0n) is 11.4. The molecule has 0 spiro atoms. The van der Waals surface area contributed by atoms with E-state index in [1.54, 1.807) is 31.4 Å². The summed E-state index contributed by atoms with van der Waals surface area (Å²) in [5.41, 5.74) is 1.66. The number of benzene rings is 2. The van der Waals surface area contributed by atoms with Crippen LogP contribution in [0.1, 0.15) is 5.56 Å². The lowest BCUT2D eigenvalue weighted by Crippen LogP contribution is -2.16. The average molecular weight is 269 g/mol. The molecule has 2 aromatic rings. The third-order valence-corrected chi connectivity index (χ3v) is 2.74. The van der Waals surface area contributed by atoms with Crippen molar-refractivity contribution in [3.05, 3.63) is 60.2 Å². The van der Waals surface area contributed by atoms with Gasteiger partial charge in [-0.15, -0.1) is 0 Å². The van der Waals surface area contributed by atoms with E-state index >= 15 is 0 Å². The van der Waals surface area contributed by atoms with Crippen LogP contribution in [0.5, 0.6) is 5.75 Å². The number of rotatable bonds is 4. The van der Waals surface area contributed by atoms with Crippen molar-refractivity contribution in [3.8, 4) is 5.75 Å². The van der Waals surface area contributed by atoms with Crippen molar-refractivity contribution in [1.82, 2.24) is 0 Å². The van der Waals surface area contributed by atoms with Gasteiger partial charge in [0.25, 0.3) is 0 Å². The molecular weight excluding hydrogens is 254 g/mol. The summed E-state index contributed by atoms with van der Waals surface area (Å²) < 4.78 is 9.88. The van der Waals surface area contributed by atoms with Crippen LogP contribution in [-0.2, 0) is 9.53 Å². The summed E-state index contributed by atoms with van der Waals surface area (Å²) in [5.74, 6) is 0.273. The van der Waals surface area contributed by atoms with Gasteiger partial charge < -0.3 is 9.47 Å². The third kappa shape index (κ3) is 3.23. The Morgan fingerprint density at radius 2 is 1.60 bits per heavy atom. The number of ether oxygens (including phenoxy) is 2. The Balaban J connectivity index is 2.40. The first kappa shape index (κ1) is 13.8. The number of nitrogens with zero attached hydrogens (tertiary/aromatic N) is 1. The molecule has 20 heavy (non-hydrogen) atoms. The Morgan fingerprint density at radius 1 is 0.950 bits per heavy atom. The van der Waals surface area contributed by atoms with Crippen molar-refractivity contribution in [3.63, 3.8) is 0 Å². The highest BCUT2D eigenvalue weighted by Crippen LogP contribution is 2.19. The molecule has 0 heterocycles. The van der Waals surface area contributed by atoms with Crippen LogP contribution in [-0.4, -0.2) is 25.9 Å². The SMILES string of the molecule is COC(=O)/C(=N/c1ccc(OC)cc1)c1ccccc1. The van der Waals surface area contributed by atoms with Gasteiger partial charge in [0, 0.05) is 5.56 Å². The molecule has 0 aromatic heterocycles. The number of carbonyl (C=O) groups is 1. The fourth-order valence-electron chi connectivity index (χ4n) is 1.71. The minimum absolute atomic E-state index is 0.276. The van der Waals surface area contributed by atoms with Gasteiger partial charge in [-0.25, -0.2) is 9.79 Å². The summed E-state index contributed by atoms with van der Waals surface area (Å²) in [6.45, 7) is 0. The highest BCUT2D eigenvalue weighted by molar-refractivity contribution is 6.43. The molecule has 102 valence electrons. The first-order chi connectivity index (χ1) is 9.74. The molecule has 0 unspecified atom stereocenters. The Labute approximate surface area is 117 Å². The summed E-state index contributed by atoms with van der Waals surface area (Å²) in [6, 6.07) is 16.4. The van der Waals surface area contributed by atoms with Gasteiger partial charge in [-0.3, -0.25) is 0 Å². The van der Waals surface area contributed by atoms with Crippen molar-refractivity contribution in [2.45, 2.75) is 0 Å². The van der Waals surface area contributed by atoms with E-state index in [-0.39, 0.29) is 5.71 Å². The molecule has 0 N–H and O–H groups in total. The summed E-state index contributed by atoms with van der Waals surface area (Å²) in [4.78, 5) is 16.2. The first-order valence-electron chi connectivity index (χ1n) is 6.11. The highest BCUT2D eigenvalue weighted by atomic mass is 16.5. The Bertz CT molecular complexity index is 603. The normalized spacial score (nSPS) is 11.0. The molecule has 0 amide bonds. The summed E-state index contributed by atoms with van der Waals surface area (Å²) in [6.07, 6.45) is 0. The third-order valence-electron chi connectivity index (χ3n) is 2.74. The molecule has 0 atom stereocenters. The van der Waals surface area contributed by atoms with Gasteiger partial charge in [0.05, 0.1) is 19.9 Å². The van der Waals surface area contributed by atoms with Gasteiger partial charge in [0.2, 0.25) is 0 Å². The summed E-state index contributed by atoms with van der Waals surface area (Å²) in [5, 5.41) is 0. The first-order valence-corrected chi connectivity index (χ1v) is 6.11. The Morgan fingerprint density at radius 3 is 2.15 bits per heavy atom. The van der Waals surface area contributed by atoms with Crippen LogP contribution in [0.3, 0.4) is 0 Å². The van der Waals surface area contributed by atoms with Crippen LogP contribution in [0, 0.1) is 0 Å². The van der Waals surface area contributed by atoms with Crippen molar-refractivity contribution >= 4 is 17.4 Å². The van der Waals surface area contributed by atoms with E-state index in [1.165, 1.54) is 7.11 Å². The van der Waals surface area contributed by atoms with E-state index in [0.29, 0.717) is 5.69 Å².